The normalized spacial score (nSPS) is 17.2. The van der Waals surface area contributed by atoms with E-state index in [4.69, 9.17) is 16.8 Å². The number of allylic oxidation sites excluding steroid dienone is 2. The molecule has 0 fully saturated rings. The summed E-state index contributed by atoms with van der Waals surface area (Å²) in [7, 11) is 0. The zero-order chi connectivity index (χ0) is 23.5. The number of aliphatic hydroxyl groups is 1. The molecule has 0 radical (unpaired) electrons. The summed E-state index contributed by atoms with van der Waals surface area (Å²) in [5, 5.41) is 16.4. The molecule has 33 heavy (non-hydrogen) atoms. The van der Waals surface area contributed by atoms with E-state index < -0.39 is 6.17 Å². The first-order valence-electron chi connectivity index (χ1n) is 10.3. The molecule has 1 aromatic carbocycles. The lowest BCUT2D eigenvalue weighted by atomic mass is 10.0. The fourth-order valence-corrected chi connectivity index (χ4v) is 3.99. The van der Waals surface area contributed by atoms with Gasteiger partial charge in [-0.2, -0.15) is 0 Å². The summed E-state index contributed by atoms with van der Waals surface area (Å²) in [5.74, 6) is 11.6. The van der Waals surface area contributed by atoms with Gasteiger partial charge in [-0.05, 0) is 30.5 Å². The summed E-state index contributed by atoms with van der Waals surface area (Å²) in [6.07, 6.45) is 4.92. The smallest absolute Gasteiger partial charge is 0.225 e. The largest absolute Gasteiger partial charge is 0.396 e. The molecule has 1 unspecified atom stereocenters. The average Bonchev–Trinajstić information content (AvgIpc) is 3.11. The van der Waals surface area contributed by atoms with Gasteiger partial charge in [0.05, 0.1) is 42.3 Å². The Hall–Kier alpha value is -4.09. The highest BCUT2D eigenvalue weighted by molar-refractivity contribution is 6.09. The van der Waals surface area contributed by atoms with Crippen LogP contribution in [0, 0.1) is 0 Å². The summed E-state index contributed by atoms with van der Waals surface area (Å²) in [5.41, 5.74) is 3.26. The predicted octanol–water partition coefficient (Wildman–Crippen LogP) is 0.0113. The Morgan fingerprint density at radius 3 is 2.76 bits per heavy atom. The summed E-state index contributed by atoms with van der Waals surface area (Å²) >= 11 is 0. The van der Waals surface area contributed by atoms with E-state index in [9.17, 15) is 14.4 Å². The van der Waals surface area contributed by atoms with E-state index in [-0.39, 0.29) is 37.8 Å². The first kappa shape index (κ1) is 22.1. The molecule has 2 amide bonds. The summed E-state index contributed by atoms with van der Waals surface area (Å²) < 4.78 is 1.39. The van der Waals surface area contributed by atoms with E-state index in [1.165, 1.54) is 9.58 Å². The van der Waals surface area contributed by atoms with Crippen LogP contribution in [0.3, 0.4) is 0 Å². The number of nitrogens with zero attached hydrogens (tertiary/aromatic N) is 3. The zero-order valence-corrected chi connectivity index (χ0v) is 17.8. The van der Waals surface area contributed by atoms with Gasteiger partial charge in [-0.1, -0.05) is 18.2 Å². The number of carbonyl (C=O) groups excluding carboxylic acids is 3. The SMILES string of the molecule is NN(C=O)C1C=C(c2c(Nc3ccccc3)c3c(n2N)CN(C(=O)CCO)CC3=O)C=CN1. The van der Waals surface area contributed by atoms with E-state index in [0.29, 0.717) is 34.6 Å². The number of benzene rings is 1. The summed E-state index contributed by atoms with van der Waals surface area (Å²) in [6, 6.07) is 9.32. The molecular weight excluding hydrogens is 426 g/mol. The van der Waals surface area contributed by atoms with E-state index in [0.717, 1.165) is 10.7 Å². The molecule has 0 saturated heterocycles. The van der Waals surface area contributed by atoms with Crippen molar-refractivity contribution in [2.24, 2.45) is 5.84 Å². The molecule has 4 rings (SSSR count). The first-order valence-corrected chi connectivity index (χ1v) is 10.3. The Labute approximate surface area is 189 Å². The molecule has 0 bridgehead atoms. The van der Waals surface area contributed by atoms with Crippen molar-refractivity contribution in [3.8, 4) is 0 Å². The van der Waals surface area contributed by atoms with Crippen LogP contribution in [0.5, 0.6) is 0 Å². The van der Waals surface area contributed by atoms with Gasteiger partial charge in [-0.25, -0.2) is 5.84 Å². The standard InChI is InChI=1S/C22H25N7O4/c23-28(13-31)18-10-14(6-8-25-18)22-21(26-15-4-2-1-3-5-15)20-16(29(22)24)11-27(12-17(20)32)19(33)7-9-30/h1-6,8,10,13,18,25-26,30H,7,9,11-12,23-24H2. The molecule has 172 valence electrons. The average molecular weight is 451 g/mol. The second kappa shape index (κ2) is 9.18. The number of Topliss-reactive ketones (excluding diaryl/α,β-unsaturated/α-hetero) is 1. The lowest BCUT2D eigenvalue weighted by molar-refractivity contribution is -0.132. The maximum Gasteiger partial charge on any atom is 0.225 e. The van der Waals surface area contributed by atoms with E-state index in [1.54, 1.807) is 18.4 Å². The van der Waals surface area contributed by atoms with E-state index in [1.807, 2.05) is 30.3 Å². The molecule has 7 N–H and O–H groups in total. The van der Waals surface area contributed by atoms with Crippen LogP contribution in [0.2, 0.25) is 0 Å². The molecule has 0 spiro atoms. The monoisotopic (exact) mass is 451 g/mol. The minimum atomic E-state index is -0.614. The van der Waals surface area contributed by atoms with E-state index in [2.05, 4.69) is 10.6 Å². The Bertz CT molecular complexity index is 1140. The van der Waals surface area contributed by atoms with Crippen LogP contribution in [0.1, 0.15) is 28.2 Å². The van der Waals surface area contributed by atoms with Crippen molar-refractivity contribution in [2.45, 2.75) is 19.1 Å². The highest BCUT2D eigenvalue weighted by Crippen LogP contribution is 2.38. The number of aromatic nitrogens is 1. The van der Waals surface area contributed by atoms with Crippen LogP contribution in [0.15, 0.2) is 48.7 Å². The van der Waals surface area contributed by atoms with Gasteiger partial charge in [0.2, 0.25) is 12.3 Å². The number of dihydropyridines is 1. The number of anilines is 2. The molecule has 0 aliphatic carbocycles. The number of amides is 2. The van der Waals surface area contributed by atoms with Gasteiger partial charge in [0.25, 0.3) is 0 Å². The molecule has 11 nitrogen and oxygen atoms in total. The topological polar surface area (TPSA) is 159 Å². The van der Waals surface area contributed by atoms with Crippen molar-refractivity contribution in [1.82, 2.24) is 19.9 Å². The number of carbonyl (C=O) groups is 3. The molecule has 0 saturated carbocycles. The van der Waals surface area contributed by atoms with Gasteiger partial charge >= 0.3 is 0 Å². The maximum absolute atomic E-state index is 13.2. The van der Waals surface area contributed by atoms with Crippen LogP contribution in [-0.4, -0.2) is 57.1 Å². The Morgan fingerprint density at radius 2 is 2.06 bits per heavy atom. The van der Waals surface area contributed by atoms with Gasteiger partial charge in [0.1, 0.15) is 6.17 Å². The molecule has 2 aromatic rings. The van der Waals surface area contributed by atoms with Crippen LogP contribution in [-0.2, 0) is 16.1 Å². The number of nitrogens with one attached hydrogen (secondary N) is 2. The number of nitrogens with two attached hydrogens (primary N) is 2. The first-order chi connectivity index (χ1) is 15.9. The highest BCUT2D eigenvalue weighted by atomic mass is 16.3. The minimum Gasteiger partial charge on any atom is -0.396 e. The predicted molar refractivity (Wildman–Crippen MR) is 122 cm³/mol. The van der Waals surface area contributed by atoms with E-state index >= 15 is 0 Å². The molecule has 3 heterocycles. The molecule has 1 aromatic heterocycles. The number of nitrogen functional groups attached to an aromatic ring is 1. The molecular formula is C22H25N7O4. The quantitative estimate of drug-likeness (QED) is 0.170. The summed E-state index contributed by atoms with van der Waals surface area (Å²) in [6.45, 7) is -0.292. The van der Waals surface area contributed by atoms with Gasteiger partial charge in [0.15, 0.2) is 5.78 Å². The Morgan fingerprint density at radius 1 is 1.30 bits per heavy atom. The van der Waals surface area contributed by atoms with Crippen molar-refractivity contribution in [1.29, 1.82) is 0 Å². The number of hydrogen-bond donors (Lipinski definition) is 5. The Kier molecular flexibility index (Phi) is 6.16. The highest BCUT2D eigenvalue weighted by Gasteiger charge is 2.35. The second-order valence-electron chi connectivity index (χ2n) is 7.67. The zero-order valence-electron chi connectivity index (χ0n) is 17.8. The van der Waals surface area contributed by atoms with Gasteiger partial charge in [0, 0.05) is 17.7 Å². The fourth-order valence-electron chi connectivity index (χ4n) is 3.99. The van der Waals surface area contributed by atoms with Crippen molar-refractivity contribution < 1.29 is 19.5 Å². The summed E-state index contributed by atoms with van der Waals surface area (Å²) in [4.78, 5) is 38.1. The van der Waals surface area contributed by atoms with Crippen LogP contribution in [0.25, 0.3) is 5.57 Å². The third kappa shape index (κ3) is 4.19. The maximum atomic E-state index is 13.2. The van der Waals surface area contributed by atoms with Crippen LogP contribution >= 0.6 is 0 Å². The molecule has 2 aliphatic heterocycles. The van der Waals surface area contributed by atoms with Crippen LogP contribution < -0.4 is 22.3 Å². The molecule has 2 aliphatic rings. The number of rotatable bonds is 7. The van der Waals surface area contributed by atoms with Gasteiger partial charge < -0.3 is 26.5 Å². The third-order valence-corrected chi connectivity index (χ3v) is 5.57. The number of fused-ring (bicyclic) bond motifs is 1. The molecule has 1 atom stereocenters. The molecule has 11 heteroatoms. The third-order valence-electron chi connectivity index (χ3n) is 5.57. The number of aliphatic hydroxyl groups excluding tert-OH is 1. The second-order valence-corrected chi connectivity index (χ2v) is 7.67. The van der Waals surface area contributed by atoms with Crippen LogP contribution in [0.4, 0.5) is 11.4 Å². The van der Waals surface area contributed by atoms with Gasteiger partial charge in [-0.15, -0.1) is 0 Å². The number of hydrazine groups is 1. The lowest BCUT2D eigenvalue weighted by Gasteiger charge is -2.27. The number of ketones is 1. The van der Waals surface area contributed by atoms with Crippen molar-refractivity contribution in [2.75, 3.05) is 24.3 Å². The fraction of sp³-hybridized carbons (Fsp3) is 0.227. The lowest BCUT2D eigenvalue weighted by Crippen LogP contribution is -2.46. The van der Waals surface area contributed by atoms with Crippen molar-refractivity contribution >= 4 is 35.0 Å². The Balaban J connectivity index is 1.84. The van der Waals surface area contributed by atoms with Crippen molar-refractivity contribution in [3.05, 3.63) is 65.6 Å². The van der Waals surface area contributed by atoms with Gasteiger partial charge in [-0.3, -0.25) is 24.1 Å². The number of hydrogen-bond acceptors (Lipinski definition) is 8. The van der Waals surface area contributed by atoms with Crippen molar-refractivity contribution in [3.63, 3.8) is 0 Å². The minimum absolute atomic E-state index is 0.0743. The number of para-hydroxylation sites is 1.